The Kier molecular flexibility index (Phi) is 7.11. The van der Waals surface area contributed by atoms with E-state index in [1.54, 1.807) is 7.11 Å². The Morgan fingerprint density at radius 1 is 1.16 bits per heavy atom. The molecule has 0 spiro atoms. The van der Waals surface area contributed by atoms with Crippen LogP contribution in [0.1, 0.15) is 49.4 Å². The fourth-order valence-corrected chi connectivity index (χ4v) is 2.62. The monoisotopic (exact) mass is 263 g/mol. The molecule has 2 unspecified atom stereocenters. The minimum atomic E-state index is 0.434. The van der Waals surface area contributed by atoms with Gasteiger partial charge in [-0.1, -0.05) is 43.2 Å². The van der Waals surface area contributed by atoms with E-state index in [0.29, 0.717) is 12.0 Å². The van der Waals surface area contributed by atoms with E-state index in [2.05, 4.69) is 51.2 Å². The number of hydrogen-bond acceptors (Lipinski definition) is 2. The lowest BCUT2D eigenvalue weighted by molar-refractivity contribution is 0.149. The average molecular weight is 263 g/mol. The summed E-state index contributed by atoms with van der Waals surface area (Å²) < 4.78 is 5.26. The molecule has 2 nitrogen and oxygen atoms in total. The Bertz CT molecular complexity index is 355. The number of hydrogen-bond donors (Lipinski definition) is 1. The first kappa shape index (κ1) is 16.2. The molecule has 2 heteroatoms. The summed E-state index contributed by atoms with van der Waals surface area (Å²) in [6.07, 6.45) is 2.29. The summed E-state index contributed by atoms with van der Waals surface area (Å²) in [4.78, 5) is 0. The van der Waals surface area contributed by atoms with Crippen molar-refractivity contribution in [3.63, 3.8) is 0 Å². The highest BCUT2D eigenvalue weighted by Gasteiger charge is 2.15. The second-order valence-corrected chi connectivity index (χ2v) is 5.72. The lowest BCUT2D eigenvalue weighted by atomic mass is 9.94. The first-order valence-electron chi connectivity index (χ1n) is 7.37. The van der Waals surface area contributed by atoms with Gasteiger partial charge >= 0.3 is 0 Å². The van der Waals surface area contributed by atoms with E-state index >= 15 is 0 Å². The van der Waals surface area contributed by atoms with Crippen molar-refractivity contribution in [2.45, 2.75) is 46.6 Å². The van der Waals surface area contributed by atoms with E-state index in [1.165, 1.54) is 23.1 Å². The van der Waals surface area contributed by atoms with Gasteiger partial charge in [0.05, 0.1) is 0 Å². The molecular formula is C17H29NO. The molecule has 0 radical (unpaired) electrons. The van der Waals surface area contributed by atoms with Gasteiger partial charge < -0.3 is 10.1 Å². The minimum absolute atomic E-state index is 0.434. The normalized spacial score (nSPS) is 14.4. The fraction of sp³-hybridized carbons (Fsp3) is 0.647. The summed E-state index contributed by atoms with van der Waals surface area (Å²) in [5, 5.41) is 3.67. The Labute approximate surface area is 118 Å². The number of rotatable bonds is 8. The van der Waals surface area contributed by atoms with Gasteiger partial charge in [0.15, 0.2) is 0 Å². The number of benzene rings is 1. The van der Waals surface area contributed by atoms with Crippen molar-refractivity contribution >= 4 is 0 Å². The van der Waals surface area contributed by atoms with Gasteiger partial charge in [0, 0.05) is 19.8 Å². The number of aryl methyl sites for hydroxylation is 2. The average Bonchev–Trinajstić information content (AvgIpc) is 2.33. The van der Waals surface area contributed by atoms with Gasteiger partial charge in [0.2, 0.25) is 0 Å². The third kappa shape index (κ3) is 5.75. The molecule has 0 heterocycles. The van der Waals surface area contributed by atoms with Crippen molar-refractivity contribution in [1.82, 2.24) is 5.32 Å². The van der Waals surface area contributed by atoms with Gasteiger partial charge in [-0.05, 0) is 44.7 Å². The van der Waals surface area contributed by atoms with Gasteiger partial charge in [-0.25, -0.2) is 0 Å². The number of methoxy groups -OCH3 is 1. The third-order valence-corrected chi connectivity index (χ3v) is 3.38. The summed E-state index contributed by atoms with van der Waals surface area (Å²) in [7, 11) is 1.78. The zero-order chi connectivity index (χ0) is 14.3. The molecule has 108 valence electrons. The van der Waals surface area contributed by atoms with Crippen molar-refractivity contribution in [3.05, 3.63) is 34.9 Å². The smallest absolute Gasteiger partial charge is 0.0488 e. The lowest BCUT2D eigenvalue weighted by Gasteiger charge is -2.23. The van der Waals surface area contributed by atoms with E-state index in [4.69, 9.17) is 4.74 Å². The van der Waals surface area contributed by atoms with Crippen LogP contribution in [0.15, 0.2) is 18.2 Å². The molecule has 0 aliphatic heterocycles. The first-order chi connectivity index (χ1) is 9.06. The van der Waals surface area contributed by atoms with Gasteiger partial charge in [-0.15, -0.1) is 0 Å². The molecule has 0 aromatic heterocycles. The summed E-state index contributed by atoms with van der Waals surface area (Å²) in [6.45, 7) is 10.7. The van der Waals surface area contributed by atoms with Crippen LogP contribution >= 0.6 is 0 Å². The van der Waals surface area contributed by atoms with Crippen molar-refractivity contribution in [2.24, 2.45) is 5.92 Å². The van der Waals surface area contributed by atoms with Crippen molar-refractivity contribution in [3.8, 4) is 0 Å². The van der Waals surface area contributed by atoms with Crippen LogP contribution in [0.4, 0.5) is 0 Å². The number of nitrogens with one attached hydrogen (secondary N) is 1. The van der Waals surface area contributed by atoms with E-state index in [-0.39, 0.29) is 0 Å². The molecule has 0 aliphatic rings. The number of ether oxygens (including phenoxy) is 1. The van der Waals surface area contributed by atoms with Crippen LogP contribution in [-0.2, 0) is 4.74 Å². The largest absolute Gasteiger partial charge is 0.384 e. The predicted molar refractivity (Wildman–Crippen MR) is 82.6 cm³/mol. The Morgan fingerprint density at radius 3 is 2.32 bits per heavy atom. The molecule has 1 rings (SSSR count). The van der Waals surface area contributed by atoms with Crippen molar-refractivity contribution < 1.29 is 4.74 Å². The maximum absolute atomic E-state index is 5.26. The van der Waals surface area contributed by atoms with Crippen molar-refractivity contribution in [1.29, 1.82) is 0 Å². The summed E-state index contributed by atoms with van der Waals surface area (Å²) in [6, 6.07) is 7.28. The zero-order valence-corrected chi connectivity index (χ0v) is 13.1. The molecule has 2 atom stereocenters. The quantitative estimate of drug-likeness (QED) is 0.765. The van der Waals surface area contributed by atoms with Crippen LogP contribution in [0.2, 0.25) is 0 Å². The second-order valence-electron chi connectivity index (χ2n) is 5.72. The lowest BCUT2D eigenvalue weighted by Crippen LogP contribution is -2.25. The van der Waals surface area contributed by atoms with Crippen molar-refractivity contribution in [2.75, 3.05) is 20.3 Å². The maximum Gasteiger partial charge on any atom is 0.0488 e. The molecule has 0 aliphatic carbocycles. The maximum atomic E-state index is 5.26. The SMILES string of the molecule is CCCNC(CC(C)COC)c1cc(C)cc(C)c1. The molecule has 1 N–H and O–H groups in total. The summed E-state index contributed by atoms with van der Waals surface area (Å²) in [5.41, 5.74) is 4.10. The second kappa shape index (κ2) is 8.34. The zero-order valence-electron chi connectivity index (χ0n) is 13.1. The van der Waals surface area contributed by atoms with E-state index < -0.39 is 0 Å². The Morgan fingerprint density at radius 2 is 1.79 bits per heavy atom. The molecular weight excluding hydrogens is 234 g/mol. The third-order valence-electron chi connectivity index (χ3n) is 3.38. The van der Waals surface area contributed by atoms with E-state index in [9.17, 15) is 0 Å². The molecule has 0 bridgehead atoms. The molecule has 1 aromatic rings. The topological polar surface area (TPSA) is 21.3 Å². The van der Waals surface area contributed by atoms with Crippen LogP contribution < -0.4 is 5.32 Å². The van der Waals surface area contributed by atoms with Crippen LogP contribution in [0.3, 0.4) is 0 Å². The van der Waals surface area contributed by atoms with Gasteiger partial charge in [0.1, 0.15) is 0 Å². The highest BCUT2D eigenvalue weighted by Crippen LogP contribution is 2.23. The summed E-state index contributed by atoms with van der Waals surface area (Å²) >= 11 is 0. The highest BCUT2D eigenvalue weighted by atomic mass is 16.5. The first-order valence-corrected chi connectivity index (χ1v) is 7.37. The summed E-state index contributed by atoms with van der Waals surface area (Å²) in [5.74, 6) is 0.570. The fourth-order valence-electron chi connectivity index (χ4n) is 2.62. The molecule has 0 amide bonds. The Hall–Kier alpha value is -0.860. The molecule has 0 saturated heterocycles. The standard InChI is InChI=1S/C17H29NO/c1-6-7-18-17(11-15(4)12-19-5)16-9-13(2)8-14(3)10-16/h8-10,15,17-18H,6-7,11-12H2,1-5H3. The molecule has 1 aromatic carbocycles. The Balaban J connectivity index is 2.82. The molecule has 0 saturated carbocycles. The van der Waals surface area contributed by atoms with E-state index in [1.807, 2.05) is 0 Å². The predicted octanol–water partition coefficient (Wildman–Crippen LogP) is 4.02. The molecule has 0 fully saturated rings. The highest BCUT2D eigenvalue weighted by molar-refractivity contribution is 5.30. The van der Waals surface area contributed by atoms with Crippen LogP contribution in [0, 0.1) is 19.8 Å². The van der Waals surface area contributed by atoms with E-state index in [0.717, 1.165) is 19.6 Å². The molecule has 19 heavy (non-hydrogen) atoms. The van der Waals surface area contributed by atoms with Crippen LogP contribution in [-0.4, -0.2) is 20.3 Å². The van der Waals surface area contributed by atoms with Crippen LogP contribution in [0.5, 0.6) is 0 Å². The van der Waals surface area contributed by atoms with Gasteiger partial charge in [-0.3, -0.25) is 0 Å². The van der Waals surface area contributed by atoms with Crippen LogP contribution in [0.25, 0.3) is 0 Å². The van der Waals surface area contributed by atoms with Gasteiger partial charge in [0.25, 0.3) is 0 Å². The minimum Gasteiger partial charge on any atom is -0.384 e. The van der Waals surface area contributed by atoms with Gasteiger partial charge in [-0.2, -0.15) is 0 Å².